The van der Waals surface area contributed by atoms with Crippen molar-refractivity contribution in [2.75, 3.05) is 11.9 Å². The van der Waals surface area contributed by atoms with Crippen molar-refractivity contribution in [1.29, 1.82) is 0 Å². The van der Waals surface area contributed by atoms with Gasteiger partial charge in [0.05, 0.1) is 0 Å². The van der Waals surface area contributed by atoms with E-state index in [0.717, 1.165) is 16.8 Å². The average molecular weight is 338 g/mol. The van der Waals surface area contributed by atoms with E-state index in [0.29, 0.717) is 16.6 Å². The lowest BCUT2D eigenvalue weighted by atomic mass is 10.1. The number of hydrogen-bond acceptors (Lipinski definition) is 1. The van der Waals surface area contributed by atoms with Gasteiger partial charge >= 0.3 is 0 Å². The second-order valence-electron chi connectivity index (χ2n) is 5.29. The zero-order chi connectivity index (χ0) is 16.1. The predicted octanol–water partition coefficient (Wildman–Crippen LogP) is 3.56. The molecular weight excluding hydrogens is 319 g/mol. The first-order valence-electron chi connectivity index (χ1n) is 7.10. The molecule has 5 heteroatoms. The van der Waals surface area contributed by atoms with Crippen molar-refractivity contribution in [3.05, 3.63) is 63.6 Å². The van der Waals surface area contributed by atoms with Crippen LogP contribution in [0.3, 0.4) is 0 Å². The third kappa shape index (κ3) is 4.73. The zero-order valence-corrected chi connectivity index (χ0v) is 14.1. The molecule has 1 amide bonds. The molecule has 3 N–H and O–H groups in total. The summed E-state index contributed by atoms with van der Waals surface area (Å²) in [6.45, 7) is 4.33. The Labute approximate surface area is 140 Å². The summed E-state index contributed by atoms with van der Waals surface area (Å²) in [5, 5.41) is 6.27. The Balaban J connectivity index is 1.88. The molecule has 0 saturated heterocycles. The smallest absolute Gasteiger partial charge is 0.279 e. The van der Waals surface area contributed by atoms with Gasteiger partial charge in [-0.3, -0.25) is 4.79 Å². The molecule has 0 heterocycles. The molecule has 0 spiro atoms. The van der Waals surface area contributed by atoms with E-state index < -0.39 is 0 Å². The van der Waals surface area contributed by atoms with Crippen molar-refractivity contribution in [2.45, 2.75) is 19.9 Å². The molecule has 0 aliphatic heterocycles. The van der Waals surface area contributed by atoms with Gasteiger partial charge in [0.1, 0.15) is 6.04 Å². The minimum Gasteiger partial charge on any atom is -0.333 e. The number of benzene rings is 2. The number of carbonyl (C=O) groups is 1. The highest BCUT2D eigenvalue weighted by molar-refractivity contribution is 6.31. The molecule has 0 fully saturated rings. The highest BCUT2D eigenvalue weighted by Crippen LogP contribution is 2.19. The Kier molecular flexibility index (Phi) is 5.83. The molecule has 0 bridgehead atoms. The lowest BCUT2D eigenvalue weighted by Gasteiger charge is -2.12. The maximum Gasteiger partial charge on any atom is 0.279 e. The number of nitrogens with one attached hydrogen (secondary N) is 1. The fraction of sp³-hybridized carbons (Fsp3) is 0.235. The van der Waals surface area contributed by atoms with Crippen molar-refractivity contribution < 1.29 is 10.1 Å². The summed E-state index contributed by atoms with van der Waals surface area (Å²) in [6.07, 6.45) is 0. The first kappa shape index (κ1) is 16.8. The van der Waals surface area contributed by atoms with Gasteiger partial charge in [0, 0.05) is 21.3 Å². The Hall–Kier alpha value is -1.55. The van der Waals surface area contributed by atoms with Crippen LogP contribution in [-0.2, 0) is 4.79 Å². The van der Waals surface area contributed by atoms with Gasteiger partial charge in [-0.1, -0.05) is 35.3 Å². The third-order valence-corrected chi connectivity index (χ3v) is 4.00. The molecule has 116 valence electrons. The Morgan fingerprint density at radius 2 is 1.77 bits per heavy atom. The van der Waals surface area contributed by atoms with E-state index in [4.69, 9.17) is 23.2 Å². The van der Waals surface area contributed by atoms with Crippen LogP contribution >= 0.6 is 23.2 Å². The van der Waals surface area contributed by atoms with Crippen molar-refractivity contribution in [1.82, 2.24) is 0 Å². The number of carbonyl (C=O) groups excluding carboxylic acids is 1. The molecule has 0 aliphatic rings. The van der Waals surface area contributed by atoms with Crippen molar-refractivity contribution in [2.24, 2.45) is 0 Å². The van der Waals surface area contributed by atoms with Crippen LogP contribution in [0.2, 0.25) is 10.0 Å². The Morgan fingerprint density at radius 1 is 1.14 bits per heavy atom. The van der Waals surface area contributed by atoms with Gasteiger partial charge < -0.3 is 10.6 Å². The van der Waals surface area contributed by atoms with Gasteiger partial charge in [0.2, 0.25) is 0 Å². The molecule has 2 rings (SSSR count). The third-order valence-electron chi connectivity index (χ3n) is 3.52. The first-order chi connectivity index (χ1) is 10.5. The van der Waals surface area contributed by atoms with E-state index in [2.05, 4.69) is 12.2 Å². The van der Waals surface area contributed by atoms with Gasteiger partial charge in [-0.05, 0) is 49.7 Å². The summed E-state index contributed by atoms with van der Waals surface area (Å²) >= 11 is 11.8. The summed E-state index contributed by atoms with van der Waals surface area (Å²) in [7, 11) is 0. The zero-order valence-electron chi connectivity index (χ0n) is 12.6. The molecule has 0 saturated carbocycles. The second-order valence-corrected chi connectivity index (χ2v) is 6.16. The van der Waals surface area contributed by atoms with E-state index in [1.54, 1.807) is 6.07 Å². The SMILES string of the molecule is Cc1cc(Cl)ccc1NC(=O)C[NH2+][C@@H](C)c1ccc(Cl)cc1. The van der Waals surface area contributed by atoms with Gasteiger partial charge in [-0.25, -0.2) is 0 Å². The Morgan fingerprint density at radius 3 is 2.41 bits per heavy atom. The van der Waals surface area contributed by atoms with Gasteiger partial charge in [-0.15, -0.1) is 0 Å². The van der Waals surface area contributed by atoms with Crippen LogP contribution in [0.5, 0.6) is 0 Å². The molecule has 1 atom stereocenters. The van der Waals surface area contributed by atoms with Crippen LogP contribution in [0.15, 0.2) is 42.5 Å². The minimum atomic E-state index is -0.0359. The van der Waals surface area contributed by atoms with E-state index >= 15 is 0 Å². The fourth-order valence-electron chi connectivity index (χ4n) is 2.15. The quantitative estimate of drug-likeness (QED) is 0.860. The number of halogens is 2. The number of nitrogens with two attached hydrogens (primary N) is 1. The summed E-state index contributed by atoms with van der Waals surface area (Å²) < 4.78 is 0. The average Bonchev–Trinajstić information content (AvgIpc) is 2.48. The van der Waals surface area contributed by atoms with Gasteiger partial charge in [0.25, 0.3) is 5.91 Å². The lowest BCUT2D eigenvalue weighted by Crippen LogP contribution is -2.86. The second kappa shape index (κ2) is 7.63. The van der Waals surface area contributed by atoms with Crippen molar-refractivity contribution in [3.63, 3.8) is 0 Å². The van der Waals surface area contributed by atoms with Crippen LogP contribution in [0.4, 0.5) is 5.69 Å². The first-order valence-corrected chi connectivity index (χ1v) is 7.86. The van der Waals surface area contributed by atoms with E-state index in [1.165, 1.54) is 0 Å². The summed E-state index contributed by atoms with van der Waals surface area (Å²) in [6, 6.07) is 13.3. The lowest BCUT2D eigenvalue weighted by molar-refractivity contribution is -0.682. The topological polar surface area (TPSA) is 45.7 Å². The number of anilines is 1. The van der Waals surface area contributed by atoms with Crippen molar-refractivity contribution >= 4 is 34.8 Å². The Bertz CT molecular complexity index is 656. The molecule has 2 aromatic carbocycles. The van der Waals surface area contributed by atoms with E-state index in [9.17, 15) is 4.79 Å². The molecule has 0 aromatic heterocycles. The number of aryl methyl sites for hydroxylation is 1. The molecule has 2 aromatic rings. The number of hydrogen-bond donors (Lipinski definition) is 2. The van der Waals surface area contributed by atoms with Crippen LogP contribution in [0, 0.1) is 6.92 Å². The number of quaternary nitrogens is 1. The highest BCUT2D eigenvalue weighted by atomic mass is 35.5. The monoisotopic (exact) mass is 337 g/mol. The normalized spacial score (nSPS) is 12.0. The summed E-state index contributed by atoms with van der Waals surface area (Å²) in [4.78, 5) is 12.0. The minimum absolute atomic E-state index is 0.0359. The maximum absolute atomic E-state index is 12.0. The van der Waals surface area contributed by atoms with Crippen LogP contribution in [0.25, 0.3) is 0 Å². The summed E-state index contributed by atoms with van der Waals surface area (Å²) in [5.74, 6) is -0.0359. The molecule has 0 aliphatic carbocycles. The number of amides is 1. The maximum atomic E-state index is 12.0. The molecular formula is C17H19Cl2N2O+. The molecule has 22 heavy (non-hydrogen) atoms. The fourth-order valence-corrected chi connectivity index (χ4v) is 2.51. The largest absolute Gasteiger partial charge is 0.333 e. The van der Waals surface area contributed by atoms with Gasteiger partial charge in [-0.2, -0.15) is 0 Å². The van der Waals surface area contributed by atoms with Crippen LogP contribution in [-0.4, -0.2) is 12.5 Å². The molecule has 0 unspecified atom stereocenters. The standard InChI is InChI=1S/C17H18Cl2N2O/c1-11-9-15(19)7-8-16(11)21-17(22)10-20-12(2)13-3-5-14(18)6-4-13/h3-9,12,20H,10H2,1-2H3,(H,21,22)/p+1/t12-/m0/s1. The van der Waals surface area contributed by atoms with Crippen LogP contribution in [0.1, 0.15) is 24.1 Å². The van der Waals surface area contributed by atoms with Gasteiger partial charge in [0.15, 0.2) is 6.54 Å². The van der Waals surface area contributed by atoms with E-state index in [-0.39, 0.29) is 11.9 Å². The molecule has 3 nitrogen and oxygen atoms in total. The summed E-state index contributed by atoms with van der Waals surface area (Å²) in [5.41, 5.74) is 2.88. The van der Waals surface area contributed by atoms with Crippen molar-refractivity contribution in [3.8, 4) is 0 Å². The number of rotatable bonds is 5. The van der Waals surface area contributed by atoms with Crippen LogP contribution < -0.4 is 10.6 Å². The predicted molar refractivity (Wildman–Crippen MR) is 91.5 cm³/mol. The van der Waals surface area contributed by atoms with E-state index in [1.807, 2.05) is 48.6 Å². The molecule has 0 radical (unpaired) electrons. The highest BCUT2D eigenvalue weighted by Gasteiger charge is 2.12.